The number of carbonyl (C=O) groups excluding carboxylic acids is 1. The number of carbonyl (C=O) groups is 1. The molecule has 130 valence electrons. The fourth-order valence-electron chi connectivity index (χ4n) is 2.97. The summed E-state index contributed by atoms with van der Waals surface area (Å²) in [6.45, 7) is 8.04. The van der Waals surface area contributed by atoms with Crippen LogP contribution in [-0.2, 0) is 4.74 Å². The third-order valence-corrected chi connectivity index (χ3v) is 4.03. The molecular weight excluding hydrogens is 308 g/mol. The summed E-state index contributed by atoms with van der Waals surface area (Å²) >= 11 is 0. The highest BCUT2D eigenvalue weighted by Crippen LogP contribution is 2.26. The Morgan fingerprint density at radius 2 is 2.21 bits per heavy atom. The van der Waals surface area contributed by atoms with Crippen LogP contribution in [0.25, 0.3) is 11.2 Å². The van der Waals surface area contributed by atoms with E-state index in [1.807, 2.05) is 20.8 Å². The van der Waals surface area contributed by atoms with Crippen LogP contribution in [0.2, 0.25) is 0 Å². The average Bonchev–Trinajstić information content (AvgIpc) is 3.13. The van der Waals surface area contributed by atoms with Crippen molar-refractivity contribution in [2.45, 2.75) is 32.8 Å². The Balaban J connectivity index is 1.61. The number of aromatic amines is 1. The lowest BCUT2D eigenvalue weighted by molar-refractivity contribution is 0.0277. The topological polar surface area (TPSA) is 87.2 Å². The quantitative estimate of drug-likeness (QED) is 0.925. The zero-order valence-corrected chi connectivity index (χ0v) is 14.6. The molecule has 1 unspecified atom stereocenters. The van der Waals surface area contributed by atoms with Crippen molar-refractivity contribution in [2.75, 3.05) is 31.6 Å². The number of fused-ring (bicyclic) bond motifs is 1. The number of ether oxygens (including phenoxy) is 1. The second-order valence-electron chi connectivity index (χ2n) is 7.26. The van der Waals surface area contributed by atoms with Gasteiger partial charge in [0.1, 0.15) is 17.4 Å². The van der Waals surface area contributed by atoms with Gasteiger partial charge in [0.2, 0.25) is 0 Å². The van der Waals surface area contributed by atoms with Crippen LogP contribution in [0.5, 0.6) is 0 Å². The smallest absolute Gasteiger partial charge is 0.410 e. The summed E-state index contributed by atoms with van der Waals surface area (Å²) in [5, 5.41) is 0. The molecular formula is C16H24N6O2. The van der Waals surface area contributed by atoms with Crippen LogP contribution >= 0.6 is 0 Å². The molecule has 1 amide bonds. The van der Waals surface area contributed by atoms with Gasteiger partial charge in [-0.25, -0.2) is 19.7 Å². The Kier molecular flexibility index (Phi) is 4.29. The van der Waals surface area contributed by atoms with Crippen molar-refractivity contribution in [3.63, 3.8) is 0 Å². The minimum absolute atomic E-state index is 0.279. The number of anilines is 1. The van der Waals surface area contributed by atoms with Crippen LogP contribution in [-0.4, -0.2) is 63.2 Å². The molecule has 8 nitrogen and oxygen atoms in total. The average molecular weight is 332 g/mol. The van der Waals surface area contributed by atoms with Crippen LogP contribution in [0.3, 0.4) is 0 Å². The van der Waals surface area contributed by atoms with Crippen LogP contribution in [0.15, 0.2) is 12.7 Å². The number of hydrogen-bond acceptors (Lipinski definition) is 6. The molecule has 0 aromatic carbocycles. The molecule has 0 bridgehead atoms. The van der Waals surface area contributed by atoms with E-state index in [1.165, 1.54) is 0 Å². The zero-order valence-electron chi connectivity index (χ0n) is 14.6. The standard InChI is InChI=1S/C16H24N6O2/c1-16(2,3)24-15(23)21(4)7-11-5-6-22(8-11)14-12-13(18-9-17-12)19-10-20-14/h9-11H,5-8H2,1-4H3,(H,17,18,19,20). The number of amides is 1. The van der Waals surface area contributed by atoms with E-state index in [9.17, 15) is 4.79 Å². The third kappa shape index (κ3) is 3.58. The summed E-state index contributed by atoms with van der Waals surface area (Å²) in [4.78, 5) is 31.8. The molecule has 1 saturated heterocycles. The van der Waals surface area contributed by atoms with Gasteiger partial charge in [-0.3, -0.25) is 0 Å². The third-order valence-electron chi connectivity index (χ3n) is 4.03. The molecule has 1 atom stereocenters. The van der Waals surface area contributed by atoms with Crippen molar-refractivity contribution >= 4 is 23.1 Å². The zero-order chi connectivity index (χ0) is 17.3. The van der Waals surface area contributed by atoms with Gasteiger partial charge in [-0.1, -0.05) is 0 Å². The molecule has 0 radical (unpaired) electrons. The van der Waals surface area contributed by atoms with Gasteiger partial charge in [-0.2, -0.15) is 0 Å². The second-order valence-corrected chi connectivity index (χ2v) is 7.26. The number of hydrogen-bond donors (Lipinski definition) is 1. The first-order valence-electron chi connectivity index (χ1n) is 8.16. The molecule has 1 aliphatic rings. The first-order valence-corrected chi connectivity index (χ1v) is 8.16. The number of aromatic nitrogens is 4. The highest BCUT2D eigenvalue weighted by molar-refractivity contribution is 5.82. The van der Waals surface area contributed by atoms with Crippen molar-refractivity contribution < 1.29 is 9.53 Å². The monoisotopic (exact) mass is 332 g/mol. The molecule has 1 aliphatic heterocycles. The molecule has 1 N–H and O–H groups in total. The van der Waals surface area contributed by atoms with E-state index in [1.54, 1.807) is 24.6 Å². The maximum absolute atomic E-state index is 12.1. The number of nitrogens with zero attached hydrogens (tertiary/aromatic N) is 5. The minimum Gasteiger partial charge on any atom is -0.444 e. The van der Waals surface area contributed by atoms with Gasteiger partial charge >= 0.3 is 6.09 Å². The van der Waals surface area contributed by atoms with E-state index in [-0.39, 0.29) is 6.09 Å². The van der Waals surface area contributed by atoms with E-state index in [4.69, 9.17) is 4.74 Å². The summed E-state index contributed by atoms with van der Waals surface area (Å²) < 4.78 is 5.41. The van der Waals surface area contributed by atoms with Crippen LogP contribution < -0.4 is 4.90 Å². The first kappa shape index (κ1) is 16.5. The normalized spacial score (nSPS) is 18.2. The minimum atomic E-state index is -0.472. The lowest BCUT2D eigenvalue weighted by Crippen LogP contribution is -2.37. The predicted molar refractivity (Wildman–Crippen MR) is 90.9 cm³/mol. The molecule has 3 heterocycles. The van der Waals surface area contributed by atoms with Gasteiger partial charge in [-0.05, 0) is 33.1 Å². The Labute approximate surface area is 141 Å². The van der Waals surface area contributed by atoms with Crippen LogP contribution in [0, 0.1) is 5.92 Å². The lowest BCUT2D eigenvalue weighted by atomic mass is 10.1. The second kappa shape index (κ2) is 6.26. The highest BCUT2D eigenvalue weighted by atomic mass is 16.6. The number of rotatable bonds is 3. The Hall–Kier alpha value is -2.38. The van der Waals surface area contributed by atoms with Crippen molar-refractivity contribution in [1.29, 1.82) is 0 Å². The molecule has 3 rings (SSSR count). The Morgan fingerprint density at radius 3 is 2.96 bits per heavy atom. The summed E-state index contributed by atoms with van der Waals surface area (Å²) in [5.41, 5.74) is 1.06. The molecule has 0 spiro atoms. The Bertz CT molecular complexity index is 723. The SMILES string of the molecule is CN(CC1CCN(c2ncnc3nc[nH]c23)C1)C(=O)OC(C)(C)C. The predicted octanol–water partition coefficient (Wildman–Crippen LogP) is 2.05. The number of imidazole rings is 1. The van der Waals surface area contributed by atoms with Crippen molar-refractivity contribution in [3.05, 3.63) is 12.7 Å². The van der Waals surface area contributed by atoms with Crippen molar-refractivity contribution in [2.24, 2.45) is 5.92 Å². The number of nitrogens with one attached hydrogen (secondary N) is 1. The highest BCUT2D eigenvalue weighted by Gasteiger charge is 2.28. The maximum atomic E-state index is 12.1. The van der Waals surface area contributed by atoms with E-state index in [0.29, 0.717) is 18.1 Å². The van der Waals surface area contributed by atoms with Crippen molar-refractivity contribution in [1.82, 2.24) is 24.8 Å². The summed E-state index contributed by atoms with van der Waals surface area (Å²) in [5.74, 6) is 1.26. The molecule has 24 heavy (non-hydrogen) atoms. The van der Waals surface area contributed by atoms with E-state index in [2.05, 4.69) is 24.8 Å². The molecule has 0 aliphatic carbocycles. The van der Waals surface area contributed by atoms with E-state index < -0.39 is 5.60 Å². The maximum Gasteiger partial charge on any atom is 0.410 e. The van der Waals surface area contributed by atoms with Crippen molar-refractivity contribution in [3.8, 4) is 0 Å². The number of H-pyrrole nitrogens is 1. The fraction of sp³-hybridized carbons (Fsp3) is 0.625. The van der Waals surface area contributed by atoms with Crippen LogP contribution in [0.1, 0.15) is 27.2 Å². The van der Waals surface area contributed by atoms with Gasteiger partial charge in [0, 0.05) is 26.7 Å². The Morgan fingerprint density at radius 1 is 1.42 bits per heavy atom. The van der Waals surface area contributed by atoms with E-state index in [0.717, 1.165) is 30.8 Å². The van der Waals surface area contributed by atoms with E-state index >= 15 is 0 Å². The van der Waals surface area contributed by atoms with Crippen LogP contribution in [0.4, 0.5) is 10.6 Å². The molecule has 2 aromatic heterocycles. The van der Waals surface area contributed by atoms with Gasteiger partial charge in [0.25, 0.3) is 0 Å². The van der Waals surface area contributed by atoms with Gasteiger partial charge in [0.15, 0.2) is 11.5 Å². The summed E-state index contributed by atoms with van der Waals surface area (Å²) in [6, 6.07) is 0. The largest absolute Gasteiger partial charge is 0.444 e. The molecule has 0 saturated carbocycles. The lowest BCUT2D eigenvalue weighted by Gasteiger charge is -2.26. The molecule has 8 heteroatoms. The first-order chi connectivity index (χ1) is 11.3. The van der Waals surface area contributed by atoms with Gasteiger partial charge < -0.3 is 19.5 Å². The van der Waals surface area contributed by atoms with Gasteiger partial charge in [0.05, 0.1) is 6.33 Å². The molecule has 2 aromatic rings. The molecule has 1 fully saturated rings. The summed E-state index contributed by atoms with van der Waals surface area (Å²) in [7, 11) is 1.79. The van der Waals surface area contributed by atoms with Gasteiger partial charge in [-0.15, -0.1) is 0 Å². The fourth-order valence-corrected chi connectivity index (χ4v) is 2.97. The summed E-state index contributed by atoms with van der Waals surface area (Å²) in [6.07, 6.45) is 3.90.